The van der Waals surface area contributed by atoms with Gasteiger partial charge in [-0.3, -0.25) is 24.0 Å². The minimum absolute atomic E-state index is 0.0227. The van der Waals surface area contributed by atoms with E-state index in [1.165, 1.54) is 26.2 Å². The summed E-state index contributed by atoms with van der Waals surface area (Å²) in [5.74, 6) is -3.29. The van der Waals surface area contributed by atoms with Crippen LogP contribution in [0.1, 0.15) is 41.5 Å². The van der Waals surface area contributed by atoms with Gasteiger partial charge in [0, 0.05) is 41.0 Å². The molecule has 0 bridgehead atoms. The number of esters is 3. The second-order valence-corrected chi connectivity index (χ2v) is 7.82. The Bertz CT molecular complexity index is 969. The maximum atomic E-state index is 13.3. The minimum atomic E-state index is -1.28. The number of ether oxygens (including phenoxy) is 5. The van der Waals surface area contributed by atoms with E-state index >= 15 is 0 Å². The van der Waals surface area contributed by atoms with Crippen LogP contribution >= 0.6 is 0 Å². The normalized spacial score (nSPS) is 23.2. The third-order valence-corrected chi connectivity index (χ3v) is 5.08. The summed E-state index contributed by atoms with van der Waals surface area (Å²) in [5.41, 5.74) is 5.54. The molecule has 1 fully saturated rings. The largest absolute Gasteiger partial charge is 0.463 e. The van der Waals surface area contributed by atoms with Crippen LogP contribution in [0.2, 0.25) is 0 Å². The summed E-state index contributed by atoms with van der Waals surface area (Å²) >= 11 is 0. The average molecular weight is 510 g/mol. The van der Waals surface area contributed by atoms with Gasteiger partial charge >= 0.3 is 17.9 Å². The van der Waals surface area contributed by atoms with E-state index in [0.717, 1.165) is 13.8 Å². The molecule has 198 valence electrons. The lowest BCUT2D eigenvalue weighted by atomic mass is 9.95. The van der Waals surface area contributed by atoms with Gasteiger partial charge in [0.05, 0.1) is 11.1 Å². The fourth-order valence-electron chi connectivity index (χ4n) is 3.65. The van der Waals surface area contributed by atoms with Gasteiger partial charge in [0.2, 0.25) is 0 Å². The molecule has 0 unspecified atom stereocenters. The standard InChI is InChI=1S/C23H31N3O10/c1-12(27)33-11-17-19(34-13(2)28)20(35-14(3)29)18(23(32-4)36-17)26-22(31)16-8-6-5-7-15(16)21(30)25-10-9-24/h5-8,17-20,23H,9-11,24H2,1-4H3,(H,25,30)(H,26,31)/t17-,18-,19-,20-,23-/m1/s1. The van der Waals surface area contributed by atoms with Crippen LogP contribution in [0.4, 0.5) is 0 Å². The molecule has 5 atom stereocenters. The molecular weight excluding hydrogens is 478 g/mol. The molecule has 0 spiro atoms. The molecule has 36 heavy (non-hydrogen) atoms. The van der Waals surface area contributed by atoms with Crippen molar-refractivity contribution in [2.45, 2.75) is 51.4 Å². The van der Waals surface area contributed by atoms with E-state index in [4.69, 9.17) is 29.4 Å². The van der Waals surface area contributed by atoms with Crippen LogP contribution in [0.15, 0.2) is 24.3 Å². The molecule has 0 aliphatic carbocycles. The number of amides is 2. The summed E-state index contributed by atoms with van der Waals surface area (Å²) < 4.78 is 27.0. The third-order valence-electron chi connectivity index (χ3n) is 5.08. The van der Waals surface area contributed by atoms with Crippen molar-refractivity contribution in [3.63, 3.8) is 0 Å². The molecule has 4 N–H and O–H groups in total. The van der Waals surface area contributed by atoms with E-state index in [0.29, 0.717) is 0 Å². The molecule has 1 aliphatic heterocycles. The highest BCUT2D eigenvalue weighted by Gasteiger charge is 2.51. The quantitative estimate of drug-likeness (QED) is 0.267. The van der Waals surface area contributed by atoms with E-state index in [-0.39, 0.29) is 30.8 Å². The van der Waals surface area contributed by atoms with Crippen molar-refractivity contribution in [3.05, 3.63) is 35.4 Å². The average Bonchev–Trinajstić information content (AvgIpc) is 2.83. The first-order valence-corrected chi connectivity index (χ1v) is 11.1. The van der Waals surface area contributed by atoms with Gasteiger partial charge in [-0.1, -0.05) is 12.1 Å². The highest BCUT2D eigenvalue weighted by atomic mass is 16.7. The van der Waals surface area contributed by atoms with Gasteiger partial charge < -0.3 is 40.1 Å². The Balaban J connectivity index is 2.41. The van der Waals surface area contributed by atoms with Crippen LogP contribution in [-0.2, 0) is 38.1 Å². The van der Waals surface area contributed by atoms with Crippen molar-refractivity contribution in [1.29, 1.82) is 0 Å². The first-order valence-electron chi connectivity index (χ1n) is 11.1. The van der Waals surface area contributed by atoms with Gasteiger partial charge in [-0.15, -0.1) is 0 Å². The molecule has 1 saturated heterocycles. The molecule has 2 rings (SSSR count). The lowest BCUT2D eigenvalue weighted by Gasteiger charge is -2.44. The summed E-state index contributed by atoms with van der Waals surface area (Å²) in [4.78, 5) is 60.9. The highest BCUT2D eigenvalue weighted by molar-refractivity contribution is 6.07. The zero-order valence-corrected chi connectivity index (χ0v) is 20.5. The molecule has 13 heteroatoms. The summed E-state index contributed by atoms with van der Waals surface area (Å²) in [6, 6.07) is 4.89. The summed E-state index contributed by atoms with van der Waals surface area (Å²) in [6.07, 6.45) is -4.82. The number of rotatable bonds is 10. The fraction of sp³-hybridized carbons (Fsp3) is 0.522. The molecule has 2 amide bonds. The maximum Gasteiger partial charge on any atom is 0.303 e. The molecular formula is C23H31N3O10. The topological polar surface area (TPSA) is 182 Å². The molecule has 0 aromatic heterocycles. The van der Waals surface area contributed by atoms with Crippen molar-refractivity contribution in [2.75, 3.05) is 26.8 Å². The van der Waals surface area contributed by atoms with E-state index in [1.807, 2.05) is 0 Å². The van der Waals surface area contributed by atoms with Gasteiger partial charge in [0.15, 0.2) is 18.5 Å². The van der Waals surface area contributed by atoms with Crippen molar-refractivity contribution in [2.24, 2.45) is 5.73 Å². The second kappa shape index (κ2) is 13.5. The van der Waals surface area contributed by atoms with Gasteiger partial charge in [-0.2, -0.15) is 0 Å². The fourth-order valence-corrected chi connectivity index (χ4v) is 3.65. The molecule has 13 nitrogen and oxygen atoms in total. The van der Waals surface area contributed by atoms with Crippen molar-refractivity contribution in [3.8, 4) is 0 Å². The van der Waals surface area contributed by atoms with E-state index in [2.05, 4.69) is 10.6 Å². The van der Waals surface area contributed by atoms with E-state index in [1.54, 1.807) is 12.1 Å². The monoisotopic (exact) mass is 509 g/mol. The Labute approximate surface area is 207 Å². The summed E-state index contributed by atoms with van der Waals surface area (Å²) in [6.45, 7) is 3.55. The zero-order valence-electron chi connectivity index (χ0n) is 20.5. The third kappa shape index (κ3) is 7.73. The Morgan fingerprint density at radius 1 is 0.917 bits per heavy atom. The van der Waals surface area contributed by atoms with Gasteiger partial charge in [-0.25, -0.2) is 0 Å². The number of methoxy groups -OCH3 is 1. The number of nitrogens with two attached hydrogens (primary N) is 1. The number of nitrogens with one attached hydrogen (secondary N) is 2. The molecule has 1 aromatic rings. The van der Waals surface area contributed by atoms with E-state index in [9.17, 15) is 24.0 Å². The van der Waals surface area contributed by atoms with Crippen molar-refractivity contribution >= 4 is 29.7 Å². The van der Waals surface area contributed by atoms with Crippen LogP contribution in [-0.4, -0.2) is 87.2 Å². The van der Waals surface area contributed by atoms with Gasteiger partial charge in [0.1, 0.15) is 18.8 Å². The maximum absolute atomic E-state index is 13.3. The lowest BCUT2D eigenvalue weighted by molar-refractivity contribution is -0.270. The lowest BCUT2D eigenvalue weighted by Crippen LogP contribution is -2.66. The Morgan fingerprint density at radius 3 is 2.03 bits per heavy atom. The molecule has 1 heterocycles. The molecule has 1 aromatic carbocycles. The first kappa shape index (κ1) is 28.7. The predicted molar refractivity (Wildman–Crippen MR) is 122 cm³/mol. The number of carbonyl (C=O) groups excluding carboxylic acids is 5. The van der Waals surface area contributed by atoms with Crippen molar-refractivity contribution in [1.82, 2.24) is 10.6 Å². The second-order valence-electron chi connectivity index (χ2n) is 7.82. The van der Waals surface area contributed by atoms with Gasteiger partial charge in [0.25, 0.3) is 11.8 Å². The number of hydrogen-bond donors (Lipinski definition) is 3. The Hall–Kier alpha value is -3.55. The van der Waals surface area contributed by atoms with E-state index < -0.39 is 60.4 Å². The number of benzene rings is 1. The summed E-state index contributed by atoms with van der Waals surface area (Å²) in [7, 11) is 1.29. The zero-order chi connectivity index (χ0) is 26.8. The molecule has 1 aliphatic rings. The Morgan fingerprint density at radius 2 is 1.50 bits per heavy atom. The Kier molecular flexibility index (Phi) is 10.8. The smallest absolute Gasteiger partial charge is 0.303 e. The van der Waals surface area contributed by atoms with Crippen LogP contribution in [0.3, 0.4) is 0 Å². The van der Waals surface area contributed by atoms with Crippen LogP contribution < -0.4 is 16.4 Å². The van der Waals surface area contributed by atoms with Crippen molar-refractivity contribution < 1.29 is 47.7 Å². The van der Waals surface area contributed by atoms with Gasteiger partial charge in [-0.05, 0) is 12.1 Å². The molecule has 0 saturated carbocycles. The minimum Gasteiger partial charge on any atom is -0.463 e. The van der Waals surface area contributed by atoms with Crippen LogP contribution in [0.5, 0.6) is 0 Å². The number of carbonyl (C=O) groups is 5. The predicted octanol–water partition coefficient (Wildman–Crippen LogP) is -0.729. The van der Waals surface area contributed by atoms with Crippen LogP contribution in [0, 0.1) is 0 Å². The highest BCUT2D eigenvalue weighted by Crippen LogP contribution is 2.28. The summed E-state index contributed by atoms with van der Waals surface area (Å²) in [5, 5.41) is 5.26. The number of hydrogen-bond acceptors (Lipinski definition) is 11. The van der Waals surface area contributed by atoms with Crippen LogP contribution in [0.25, 0.3) is 0 Å². The molecule has 0 radical (unpaired) electrons. The SMILES string of the molecule is CO[C@@H]1O[C@H](COC(C)=O)[C@@H](OC(C)=O)[C@H](OC(C)=O)[C@H]1NC(=O)c1ccccc1C(=O)NCCN. The first-order chi connectivity index (χ1) is 17.1.